The molecular formula is C14H21N3O. The predicted octanol–water partition coefficient (Wildman–Crippen LogP) is 1.92. The van der Waals surface area contributed by atoms with Gasteiger partial charge in [0, 0.05) is 30.9 Å². The molecule has 18 heavy (non-hydrogen) atoms. The van der Waals surface area contributed by atoms with Crippen molar-refractivity contribution in [2.75, 3.05) is 6.54 Å². The molecule has 0 bridgehead atoms. The standard InChI is InChI=1S/C14H21N3O/c1-10(2)9-17-12(4-7-16-17)11-8-15-13(18)14(11)5-3-6-14/h4,7,10-11H,3,5-6,8-9H2,1-2H3,(H,15,18)/t11-/m1/s1. The molecule has 4 nitrogen and oxygen atoms in total. The lowest BCUT2D eigenvalue weighted by atomic mass is 9.61. The van der Waals surface area contributed by atoms with Crippen LogP contribution in [0, 0.1) is 11.3 Å². The van der Waals surface area contributed by atoms with Gasteiger partial charge in [0.15, 0.2) is 0 Å². The van der Waals surface area contributed by atoms with E-state index in [2.05, 4.69) is 35.0 Å². The third-order valence-electron chi connectivity index (χ3n) is 4.48. The molecule has 1 saturated carbocycles. The van der Waals surface area contributed by atoms with Gasteiger partial charge in [-0.3, -0.25) is 9.48 Å². The van der Waals surface area contributed by atoms with E-state index < -0.39 is 0 Å². The topological polar surface area (TPSA) is 46.9 Å². The summed E-state index contributed by atoms with van der Waals surface area (Å²) in [5, 5.41) is 7.48. The summed E-state index contributed by atoms with van der Waals surface area (Å²) >= 11 is 0. The number of nitrogens with one attached hydrogen (secondary N) is 1. The van der Waals surface area contributed by atoms with Crippen molar-refractivity contribution in [1.82, 2.24) is 15.1 Å². The Hall–Kier alpha value is -1.32. The van der Waals surface area contributed by atoms with Crippen molar-refractivity contribution in [2.45, 2.75) is 45.6 Å². The molecule has 2 aliphatic rings. The third-order valence-corrected chi connectivity index (χ3v) is 4.48. The van der Waals surface area contributed by atoms with Crippen LogP contribution in [0.15, 0.2) is 12.3 Å². The molecule has 0 unspecified atom stereocenters. The highest BCUT2D eigenvalue weighted by atomic mass is 16.2. The van der Waals surface area contributed by atoms with E-state index in [0.717, 1.165) is 25.9 Å². The maximum atomic E-state index is 12.1. The molecule has 3 rings (SSSR count). The number of hydrogen-bond acceptors (Lipinski definition) is 2. The van der Waals surface area contributed by atoms with Crippen molar-refractivity contribution in [3.05, 3.63) is 18.0 Å². The molecule has 1 aliphatic heterocycles. The summed E-state index contributed by atoms with van der Waals surface area (Å²) in [5.41, 5.74) is 1.12. The van der Waals surface area contributed by atoms with Gasteiger partial charge >= 0.3 is 0 Å². The van der Waals surface area contributed by atoms with Gasteiger partial charge in [0.2, 0.25) is 5.91 Å². The van der Waals surface area contributed by atoms with E-state index in [-0.39, 0.29) is 11.3 Å². The molecule has 1 aromatic heterocycles. The lowest BCUT2D eigenvalue weighted by molar-refractivity contribution is -0.132. The van der Waals surface area contributed by atoms with Gasteiger partial charge in [-0.05, 0) is 24.8 Å². The number of carbonyl (C=O) groups excluding carboxylic acids is 1. The summed E-state index contributed by atoms with van der Waals surface area (Å²) < 4.78 is 2.09. The van der Waals surface area contributed by atoms with Crippen LogP contribution in [0.2, 0.25) is 0 Å². The average molecular weight is 247 g/mol. The Morgan fingerprint density at radius 2 is 2.33 bits per heavy atom. The molecule has 0 radical (unpaired) electrons. The minimum absolute atomic E-state index is 0.116. The van der Waals surface area contributed by atoms with Crippen molar-refractivity contribution in [3.63, 3.8) is 0 Å². The summed E-state index contributed by atoms with van der Waals surface area (Å²) in [4.78, 5) is 12.1. The highest BCUT2D eigenvalue weighted by Gasteiger charge is 2.55. The van der Waals surface area contributed by atoms with E-state index in [4.69, 9.17) is 0 Å². The quantitative estimate of drug-likeness (QED) is 0.887. The lowest BCUT2D eigenvalue weighted by Crippen LogP contribution is -2.41. The van der Waals surface area contributed by atoms with Crippen molar-refractivity contribution >= 4 is 5.91 Å². The van der Waals surface area contributed by atoms with E-state index in [0.29, 0.717) is 11.8 Å². The molecule has 1 N–H and O–H groups in total. The van der Waals surface area contributed by atoms with E-state index in [1.54, 1.807) is 0 Å². The fourth-order valence-electron chi connectivity index (χ4n) is 3.38. The van der Waals surface area contributed by atoms with Gasteiger partial charge in [-0.1, -0.05) is 20.3 Å². The first-order valence-electron chi connectivity index (χ1n) is 6.93. The van der Waals surface area contributed by atoms with Crippen molar-refractivity contribution in [2.24, 2.45) is 11.3 Å². The SMILES string of the molecule is CC(C)Cn1nccc1[C@H]1CNC(=O)C12CCC2. The Labute approximate surface area is 108 Å². The average Bonchev–Trinajstić information content (AvgIpc) is 2.80. The molecule has 1 saturated heterocycles. The van der Waals surface area contributed by atoms with Crippen LogP contribution in [0.1, 0.15) is 44.7 Å². The molecular weight excluding hydrogens is 226 g/mol. The van der Waals surface area contributed by atoms with Crippen molar-refractivity contribution < 1.29 is 4.79 Å². The van der Waals surface area contributed by atoms with Crippen LogP contribution in [-0.4, -0.2) is 22.2 Å². The zero-order valence-electron chi connectivity index (χ0n) is 11.1. The van der Waals surface area contributed by atoms with Crippen LogP contribution in [0.3, 0.4) is 0 Å². The van der Waals surface area contributed by atoms with Gasteiger partial charge in [0.1, 0.15) is 0 Å². The second-order valence-electron chi connectivity index (χ2n) is 6.10. The summed E-state index contributed by atoms with van der Waals surface area (Å²) in [6.45, 7) is 6.11. The number of rotatable bonds is 3. The zero-order valence-corrected chi connectivity index (χ0v) is 11.1. The molecule has 1 spiro atoms. The molecule has 2 fully saturated rings. The Bertz CT molecular complexity index is 459. The van der Waals surface area contributed by atoms with E-state index in [1.165, 1.54) is 12.1 Å². The lowest BCUT2D eigenvalue weighted by Gasteiger charge is -2.40. The summed E-state index contributed by atoms with van der Waals surface area (Å²) in [5.74, 6) is 1.15. The van der Waals surface area contributed by atoms with E-state index in [1.807, 2.05) is 6.20 Å². The largest absolute Gasteiger partial charge is 0.355 e. The summed E-state index contributed by atoms with van der Waals surface area (Å²) in [7, 11) is 0. The van der Waals surface area contributed by atoms with Crippen LogP contribution in [-0.2, 0) is 11.3 Å². The highest BCUT2D eigenvalue weighted by Crippen LogP contribution is 2.53. The fourth-order valence-corrected chi connectivity index (χ4v) is 3.38. The van der Waals surface area contributed by atoms with E-state index in [9.17, 15) is 4.79 Å². The Kier molecular flexibility index (Phi) is 2.68. The molecule has 0 aromatic carbocycles. The number of nitrogens with zero attached hydrogens (tertiary/aromatic N) is 2. The van der Waals surface area contributed by atoms with Crippen molar-refractivity contribution in [3.8, 4) is 0 Å². The van der Waals surface area contributed by atoms with Crippen LogP contribution in [0.4, 0.5) is 0 Å². The molecule has 1 atom stereocenters. The van der Waals surface area contributed by atoms with E-state index >= 15 is 0 Å². The fraction of sp³-hybridized carbons (Fsp3) is 0.714. The Morgan fingerprint density at radius 3 is 2.94 bits per heavy atom. The van der Waals surface area contributed by atoms with Gasteiger partial charge in [0.25, 0.3) is 0 Å². The van der Waals surface area contributed by atoms with Crippen LogP contribution < -0.4 is 5.32 Å². The monoisotopic (exact) mass is 247 g/mol. The van der Waals surface area contributed by atoms with Gasteiger partial charge in [-0.2, -0.15) is 5.10 Å². The smallest absolute Gasteiger partial charge is 0.226 e. The van der Waals surface area contributed by atoms with Gasteiger partial charge < -0.3 is 5.32 Å². The highest BCUT2D eigenvalue weighted by molar-refractivity contribution is 5.87. The normalized spacial score (nSPS) is 25.5. The Balaban J connectivity index is 1.91. The maximum absolute atomic E-state index is 12.1. The van der Waals surface area contributed by atoms with Gasteiger partial charge in [0.05, 0.1) is 5.41 Å². The Morgan fingerprint density at radius 1 is 1.56 bits per heavy atom. The first-order valence-corrected chi connectivity index (χ1v) is 6.93. The number of aromatic nitrogens is 2. The number of carbonyl (C=O) groups is 1. The molecule has 1 aromatic rings. The molecule has 1 amide bonds. The van der Waals surface area contributed by atoms with Gasteiger partial charge in [-0.25, -0.2) is 0 Å². The molecule has 1 aliphatic carbocycles. The number of hydrogen-bond donors (Lipinski definition) is 1. The zero-order chi connectivity index (χ0) is 12.8. The second-order valence-corrected chi connectivity index (χ2v) is 6.10. The van der Waals surface area contributed by atoms with Gasteiger partial charge in [-0.15, -0.1) is 0 Å². The minimum atomic E-state index is -0.116. The first-order chi connectivity index (χ1) is 8.63. The second kappa shape index (κ2) is 4.11. The maximum Gasteiger partial charge on any atom is 0.226 e. The minimum Gasteiger partial charge on any atom is -0.355 e. The first kappa shape index (κ1) is 11.8. The van der Waals surface area contributed by atoms with Crippen molar-refractivity contribution in [1.29, 1.82) is 0 Å². The van der Waals surface area contributed by atoms with Crippen LogP contribution in [0.5, 0.6) is 0 Å². The molecule has 98 valence electrons. The third kappa shape index (κ3) is 1.58. The summed E-state index contributed by atoms with van der Waals surface area (Å²) in [6, 6.07) is 2.09. The van der Waals surface area contributed by atoms with Crippen LogP contribution in [0.25, 0.3) is 0 Å². The van der Waals surface area contributed by atoms with Crippen LogP contribution >= 0.6 is 0 Å². The summed E-state index contributed by atoms with van der Waals surface area (Å²) in [6.07, 6.45) is 5.13. The molecule has 2 heterocycles. The predicted molar refractivity (Wildman–Crippen MR) is 69.1 cm³/mol. The number of amides is 1. The molecule has 4 heteroatoms.